The lowest BCUT2D eigenvalue weighted by molar-refractivity contribution is -0.0145. The van der Waals surface area contributed by atoms with E-state index in [0.29, 0.717) is 5.76 Å². The summed E-state index contributed by atoms with van der Waals surface area (Å²) in [6.45, 7) is 0. The highest BCUT2D eigenvalue weighted by molar-refractivity contribution is 5.23. The maximum absolute atomic E-state index is 8.80. The van der Waals surface area contributed by atoms with Crippen molar-refractivity contribution in [3.63, 3.8) is 0 Å². The summed E-state index contributed by atoms with van der Waals surface area (Å²) in [5.74, 6) is 0.491. The molecule has 4 nitrogen and oxygen atoms in total. The molecule has 56 valence electrons. The minimum absolute atomic E-state index is 0.148. The molecule has 0 radical (unpaired) electrons. The summed E-state index contributed by atoms with van der Waals surface area (Å²) in [5, 5.41) is 17.3. The van der Waals surface area contributed by atoms with Crippen molar-refractivity contribution in [3.8, 4) is 0 Å². The highest BCUT2D eigenvalue weighted by Gasteiger charge is 2.20. The summed E-state index contributed by atoms with van der Waals surface area (Å²) in [6, 6.07) is 0. The molecule has 0 saturated carbocycles. The standard InChI is InChI=1S/C6H8O4/c1-9-4-2-6(8)10-5(4)3-7/h2-3,6-8H,1H3/b5-3+. The Balaban J connectivity index is 2.75. The molecule has 0 bridgehead atoms. The number of methoxy groups -OCH3 is 1. The van der Waals surface area contributed by atoms with E-state index in [0.717, 1.165) is 6.26 Å². The van der Waals surface area contributed by atoms with E-state index in [4.69, 9.17) is 14.9 Å². The van der Waals surface area contributed by atoms with Gasteiger partial charge in [-0.15, -0.1) is 0 Å². The van der Waals surface area contributed by atoms with E-state index in [1.807, 2.05) is 0 Å². The van der Waals surface area contributed by atoms with Crippen LogP contribution in [0, 0.1) is 0 Å². The van der Waals surface area contributed by atoms with Crippen LogP contribution in [-0.4, -0.2) is 23.6 Å². The molecule has 1 heterocycles. The van der Waals surface area contributed by atoms with Gasteiger partial charge in [-0.1, -0.05) is 0 Å². The first-order valence-corrected chi connectivity index (χ1v) is 2.73. The Morgan fingerprint density at radius 1 is 1.80 bits per heavy atom. The predicted octanol–water partition coefficient (Wildman–Crippen LogP) is 0.265. The highest BCUT2D eigenvalue weighted by atomic mass is 16.6. The number of rotatable bonds is 1. The van der Waals surface area contributed by atoms with E-state index in [2.05, 4.69) is 4.74 Å². The van der Waals surface area contributed by atoms with Gasteiger partial charge in [0.15, 0.2) is 11.5 Å². The van der Waals surface area contributed by atoms with Crippen LogP contribution < -0.4 is 0 Å². The van der Waals surface area contributed by atoms with Crippen LogP contribution in [0.25, 0.3) is 0 Å². The van der Waals surface area contributed by atoms with Crippen LogP contribution in [0.5, 0.6) is 0 Å². The molecule has 0 fully saturated rings. The van der Waals surface area contributed by atoms with Gasteiger partial charge in [0, 0.05) is 6.08 Å². The van der Waals surface area contributed by atoms with Crippen molar-refractivity contribution in [2.75, 3.05) is 7.11 Å². The van der Waals surface area contributed by atoms with Crippen molar-refractivity contribution < 1.29 is 19.7 Å². The van der Waals surface area contributed by atoms with Crippen molar-refractivity contribution in [2.45, 2.75) is 6.29 Å². The summed E-state index contributed by atoms with van der Waals surface area (Å²) >= 11 is 0. The molecule has 0 spiro atoms. The molecule has 1 aliphatic rings. The summed E-state index contributed by atoms with van der Waals surface area (Å²) < 4.78 is 9.40. The molecule has 2 N–H and O–H groups in total. The molecule has 0 aromatic carbocycles. The normalized spacial score (nSPS) is 28.0. The summed E-state index contributed by atoms with van der Waals surface area (Å²) in [4.78, 5) is 0. The maximum atomic E-state index is 8.80. The first kappa shape index (κ1) is 6.95. The molecule has 0 aliphatic carbocycles. The third-order valence-electron chi connectivity index (χ3n) is 1.12. The first-order chi connectivity index (χ1) is 4.77. The van der Waals surface area contributed by atoms with Gasteiger partial charge in [-0.25, -0.2) is 0 Å². The Morgan fingerprint density at radius 3 is 2.90 bits per heavy atom. The fourth-order valence-electron chi connectivity index (χ4n) is 0.696. The highest BCUT2D eigenvalue weighted by Crippen LogP contribution is 2.21. The van der Waals surface area contributed by atoms with Crippen LogP contribution in [0.4, 0.5) is 0 Å². The van der Waals surface area contributed by atoms with Crippen LogP contribution >= 0.6 is 0 Å². The van der Waals surface area contributed by atoms with E-state index < -0.39 is 6.29 Å². The van der Waals surface area contributed by atoms with Gasteiger partial charge in [0.2, 0.25) is 6.29 Å². The Bertz CT molecular complexity index is 182. The molecule has 1 unspecified atom stereocenters. The van der Waals surface area contributed by atoms with Gasteiger partial charge in [-0.2, -0.15) is 0 Å². The largest absolute Gasteiger partial charge is 0.512 e. The summed E-state index contributed by atoms with van der Waals surface area (Å²) in [7, 11) is 1.43. The van der Waals surface area contributed by atoms with E-state index in [-0.39, 0.29) is 5.76 Å². The Hall–Kier alpha value is -1.16. The molecule has 10 heavy (non-hydrogen) atoms. The van der Waals surface area contributed by atoms with E-state index >= 15 is 0 Å². The average molecular weight is 144 g/mol. The molecular weight excluding hydrogens is 136 g/mol. The fraction of sp³-hybridized carbons (Fsp3) is 0.333. The van der Waals surface area contributed by atoms with Gasteiger partial charge in [-0.05, 0) is 0 Å². The molecule has 0 aromatic heterocycles. The molecule has 1 aliphatic heterocycles. The van der Waals surface area contributed by atoms with Gasteiger partial charge in [0.05, 0.1) is 7.11 Å². The molecule has 0 saturated heterocycles. The quantitative estimate of drug-likeness (QED) is 0.518. The second-order valence-electron chi connectivity index (χ2n) is 1.74. The Labute approximate surface area is 58.0 Å². The van der Waals surface area contributed by atoms with Gasteiger partial charge in [0.25, 0.3) is 0 Å². The van der Waals surface area contributed by atoms with Gasteiger partial charge < -0.3 is 19.7 Å². The molecule has 0 aromatic rings. The lowest BCUT2D eigenvalue weighted by atomic mass is 10.4. The average Bonchev–Trinajstić information content (AvgIpc) is 2.30. The zero-order valence-electron chi connectivity index (χ0n) is 5.44. The first-order valence-electron chi connectivity index (χ1n) is 2.73. The smallest absolute Gasteiger partial charge is 0.221 e. The molecule has 0 amide bonds. The van der Waals surface area contributed by atoms with Crippen LogP contribution in [0.15, 0.2) is 23.9 Å². The van der Waals surface area contributed by atoms with Gasteiger partial charge >= 0.3 is 0 Å². The molecular formula is C6H8O4. The van der Waals surface area contributed by atoms with Gasteiger partial charge in [-0.3, -0.25) is 0 Å². The third kappa shape index (κ3) is 1.06. The van der Waals surface area contributed by atoms with Crippen LogP contribution in [0.3, 0.4) is 0 Å². The van der Waals surface area contributed by atoms with Crippen molar-refractivity contribution in [3.05, 3.63) is 23.9 Å². The molecule has 1 atom stereocenters. The molecule has 4 heteroatoms. The fourth-order valence-corrected chi connectivity index (χ4v) is 0.696. The second-order valence-corrected chi connectivity index (χ2v) is 1.74. The number of hydrogen-bond donors (Lipinski definition) is 2. The monoisotopic (exact) mass is 144 g/mol. The van der Waals surface area contributed by atoms with E-state index in [1.165, 1.54) is 13.2 Å². The van der Waals surface area contributed by atoms with Crippen LogP contribution in [0.1, 0.15) is 0 Å². The van der Waals surface area contributed by atoms with Crippen LogP contribution in [0.2, 0.25) is 0 Å². The van der Waals surface area contributed by atoms with Crippen molar-refractivity contribution in [1.29, 1.82) is 0 Å². The summed E-state index contributed by atoms with van der Waals surface area (Å²) in [5.41, 5.74) is 0. The topological polar surface area (TPSA) is 58.9 Å². The number of ether oxygens (including phenoxy) is 2. The van der Waals surface area contributed by atoms with E-state index in [9.17, 15) is 0 Å². The lowest BCUT2D eigenvalue weighted by Gasteiger charge is -2.01. The summed E-state index contributed by atoms with van der Waals surface area (Å²) in [6.07, 6.45) is 1.08. The second kappa shape index (κ2) is 2.62. The van der Waals surface area contributed by atoms with Crippen molar-refractivity contribution in [2.24, 2.45) is 0 Å². The SMILES string of the molecule is COC1=CC(O)O/C1=C/O. The van der Waals surface area contributed by atoms with Crippen molar-refractivity contribution >= 4 is 0 Å². The maximum Gasteiger partial charge on any atom is 0.221 e. The minimum Gasteiger partial charge on any atom is -0.512 e. The van der Waals surface area contributed by atoms with Gasteiger partial charge in [0.1, 0.15) is 6.26 Å². The predicted molar refractivity (Wildman–Crippen MR) is 32.9 cm³/mol. The molecule has 1 rings (SSSR count). The number of aliphatic hydroxyl groups excluding tert-OH is 2. The Morgan fingerprint density at radius 2 is 2.50 bits per heavy atom. The Kier molecular flexibility index (Phi) is 1.82. The third-order valence-corrected chi connectivity index (χ3v) is 1.12. The number of hydrogen-bond acceptors (Lipinski definition) is 4. The van der Waals surface area contributed by atoms with E-state index in [1.54, 1.807) is 0 Å². The zero-order valence-corrected chi connectivity index (χ0v) is 5.44. The van der Waals surface area contributed by atoms with Crippen LogP contribution in [-0.2, 0) is 9.47 Å². The van der Waals surface area contributed by atoms with Crippen molar-refractivity contribution in [1.82, 2.24) is 0 Å². The minimum atomic E-state index is -1.01. The zero-order chi connectivity index (χ0) is 7.56. The number of aliphatic hydroxyl groups is 2. The lowest BCUT2D eigenvalue weighted by Crippen LogP contribution is -1.99.